The molecule has 3 aromatic carbocycles. The predicted octanol–water partition coefficient (Wildman–Crippen LogP) is 5.53. The molecule has 2 amide bonds. The lowest BCUT2D eigenvalue weighted by atomic mass is 10.0. The molecule has 0 saturated carbocycles. The van der Waals surface area contributed by atoms with Gasteiger partial charge in [-0.15, -0.1) is 0 Å². The molecule has 5 rings (SSSR count). The van der Waals surface area contributed by atoms with E-state index in [9.17, 15) is 9.59 Å². The van der Waals surface area contributed by atoms with Crippen molar-refractivity contribution in [3.8, 4) is 0 Å². The molecule has 7 nitrogen and oxygen atoms in total. The molecule has 8 heteroatoms. The van der Waals surface area contributed by atoms with Crippen LogP contribution in [-0.4, -0.2) is 74.5 Å². The molecule has 3 aromatic rings. The summed E-state index contributed by atoms with van der Waals surface area (Å²) in [6, 6.07) is 19.0. The van der Waals surface area contributed by atoms with E-state index in [4.69, 9.17) is 11.6 Å². The normalized spacial score (nSPS) is 18.0. The molecule has 0 spiro atoms. The minimum absolute atomic E-state index is 0.0408. The summed E-state index contributed by atoms with van der Waals surface area (Å²) in [6.07, 6.45) is 1.82. The number of halogens is 1. The third kappa shape index (κ3) is 6.99. The second kappa shape index (κ2) is 13.2. The molecule has 2 aliphatic heterocycles. The molecule has 1 unspecified atom stereocenters. The molecular formula is C33H40ClN5O2. The van der Waals surface area contributed by atoms with Gasteiger partial charge >= 0.3 is 0 Å². The van der Waals surface area contributed by atoms with Gasteiger partial charge in [0.2, 0.25) is 0 Å². The highest BCUT2D eigenvalue weighted by molar-refractivity contribution is 6.30. The van der Waals surface area contributed by atoms with Crippen LogP contribution < -0.4 is 15.5 Å². The monoisotopic (exact) mass is 573 g/mol. The van der Waals surface area contributed by atoms with Gasteiger partial charge in [0.05, 0.1) is 0 Å². The fourth-order valence-corrected chi connectivity index (χ4v) is 6.00. The largest absolute Gasteiger partial charge is 0.322 e. The molecule has 216 valence electrons. The van der Waals surface area contributed by atoms with E-state index in [0.29, 0.717) is 28.4 Å². The zero-order valence-electron chi connectivity index (χ0n) is 24.3. The number of carbonyl (C=O) groups is 2. The van der Waals surface area contributed by atoms with Crippen LogP contribution in [0.25, 0.3) is 0 Å². The van der Waals surface area contributed by atoms with Gasteiger partial charge in [0.15, 0.2) is 0 Å². The minimum Gasteiger partial charge on any atom is -0.322 e. The van der Waals surface area contributed by atoms with Crippen molar-refractivity contribution < 1.29 is 9.59 Å². The number of nitrogens with zero attached hydrogens (tertiary/aromatic N) is 3. The van der Waals surface area contributed by atoms with Gasteiger partial charge in [-0.2, -0.15) is 0 Å². The second-order valence-corrected chi connectivity index (χ2v) is 11.7. The number of rotatable bonds is 7. The predicted molar refractivity (Wildman–Crippen MR) is 167 cm³/mol. The third-order valence-electron chi connectivity index (χ3n) is 8.29. The van der Waals surface area contributed by atoms with Crippen LogP contribution in [0.3, 0.4) is 0 Å². The van der Waals surface area contributed by atoms with Gasteiger partial charge in [-0.3, -0.25) is 14.5 Å². The van der Waals surface area contributed by atoms with Crippen molar-refractivity contribution >= 4 is 34.8 Å². The first-order valence-electron chi connectivity index (χ1n) is 14.5. The van der Waals surface area contributed by atoms with Crippen LogP contribution in [0.2, 0.25) is 5.02 Å². The Morgan fingerprint density at radius 2 is 1.68 bits per heavy atom. The average Bonchev–Trinajstić information content (AvgIpc) is 3.13. The summed E-state index contributed by atoms with van der Waals surface area (Å²) in [5.41, 5.74) is 5.64. The van der Waals surface area contributed by atoms with Crippen molar-refractivity contribution in [2.45, 2.75) is 32.7 Å². The Balaban J connectivity index is 1.30. The van der Waals surface area contributed by atoms with Crippen molar-refractivity contribution in [2.24, 2.45) is 0 Å². The smallest absolute Gasteiger partial charge is 0.258 e. The number of hydrogen-bond acceptors (Lipinski definition) is 5. The number of piperazine rings is 1. The Hall–Kier alpha value is -3.23. The van der Waals surface area contributed by atoms with Gasteiger partial charge < -0.3 is 20.4 Å². The third-order valence-corrected chi connectivity index (χ3v) is 8.53. The van der Waals surface area contributed by atoms with Crippen LogP contribution >= 0.6 is 11.6 Å². The maximum Gasteiger partial charge on any atom is 0.258 e. The zero-order valence-corrected chi connectivity index (χ0v) is 25.0. The van der Waals surface area contributed by atoms with Gasteiger partial charge in [0.25, 0.3) is 11.8 Å². The van der Waals surface area contributed by atoms with Crippen LogP contribution in [0.4, 0.5) is 11.4 Å². The number of carbonyl (C=O) groups excluding carboxylic acids is 2. The molecule has 0 radical (unpaired) electrons. The number of anilines is 2. The number of amides is 2. The van der Waals surface area contributed by atoms with Crippen LogP contribution in [0.15, 0.2) is 60.7 Å². The van der Waals surface area contributed by atoms with Crippen LogP contribution in [0.1, 0.15) is 56.3 Å². The number of benzene rings is 3. The van der Waals surface area contributed by atoms with Crippen LogP contribution in [0, 0.1) is 13.8 Å². The van der Waals surface area contributed by atoms with E-state index >= 15 is 0 Å². The van der Waals surface area contributed by atoms with E-state index in [1.807, 2.05) is 73.3 Å². The first-order chi connectivity index (χ1) is 19.8. The highest BCUT2D eigenvalue weighted by Crippen LogP contribution is 2.36. The van der Waals surface area contributed by atoms with E-state index in [1.54, 1.807) is 6.07 Å². The molecule has 0 bridgehead atoms. The fourth-order valence-electron chi connectivity index (χ4n) is 5.82. The summed E-state index contributed by atoms with van der Waals surface area (Å²) >= 11 is 6.47. The van der Waals surface area contributed by atoms with Crippen molar-refractivity contribution in [3.63, 3.8) is 0 Å². The van der Waals surface area contributed by atoms with E-state index in [-0.39, 0.29) is 17.9 Å². The Morgan fingerprint density at radius 3 is 2.44 bits per heavy atom. The highest BCUT2D eigenvalue weighted by Gasteiger charge is 2.28. The molecule has 1 atom stereocenters. The summed E-state index contributed by atoms with van der Waals surface area (Å²) in [4.78, 5) is 33.5. The first-order valence-corrected chi connectivity index (χ1v) is 14.9. The Morgan fingerprint density at radius 1 is 0.902 bits per heavy atom. The maximum absolute atomic E-state index is 13.9. The lowest BCUT2D eigenvalue weighted by Gasteiger charge is -2.32. The molecule has 2 heterocycles. The number of fused-ring (bicyclic) bond motifs is 1. The molecule has 1 saturated heterocycles. The SMILES string of the molecule is Cc1ccccc1C(=O)Nc1ccc(C(=O)N2CCCC(NCCN3CCN(C)CC3)c3cc(Cl)ccc32)c(C)c1. The quantitative estimate of drug-likeness (QED) is 0.389. The summed E-state index contributed by atoms with van der Waals surface area (Å²) in [5, 5.41) is 7.42. The van der Waals surface area contributed by atoms with Gasteiger partial charge in [0.1, 0.15) is 0 Å². The summed E-state index contributed by atoms with van der Waals surface area (Å²) < 4.78 is 0. The van der Waals surface area contributed by atoms with E-state index in [2.05, 4.69) is 27.5 Å². The number of nitrogens with one attached hydrogen (secondary N) is 2. The standard InChI is InChI=1S/C33H40ClN5O2/c1-23-7-4-5-8-27(23)32(40)36-26-11-12-28(24(2)21-26)33(41)39-15-6-9-30(29-22-25(34)10-13-31(29)39)35-14-16-38-19-17-37(3)18-20-38/h4-5,7-8,10-13,21-22,30,35H,6,9,14-20H2,1-3H3,(H,36,40). The molecule has 41 heavy (non-hydrogen) atoms. The summed E-state index contributed by atoms with van der Waals surface area (Å²) in [7, 11) is 2.18. The Labute approximate surface area is 248 Å². The van der Waals surface area contributed by atoms with E-state index < -0.39 is 0 Å². The molecule has 0 aromatic heterocycles. The van der Waals surface area contributed by atoms with E-state index in [0.717, 1.165) is 74.5 Å². The summed E-state index contributed by atoms with van der Waals surface area (Å²) in [5.74, 6) is -0.202. The molecule has 2 N–H and O–H groups in total. The van der Waals surface area contributed by atoms with Gasteiger partial charge in [-0.1, -0.05) is 29.8 Å². The van der Waals surface area contributed by atoms with E-state index in [1.165, 1.54) is 0 Å². The first kappa shape index (κ1) is 29.3. The highest BCUT2D eigenvalue weighted by atomic mass is 35.5. The lowest BCUT2D eigenvalue weighted by molar-refractivity contribution is 0.0985. The zero-order chi connectivity index (χ0) is 28.9. The van der Waals surface area contributed by atoms with Gasteiger partial charge in [0, 0.05) is 79.4 Å². The topological polar surface area (TPSA) is 67.9 Å². The second-order valence-electron chi connectivity index (χ2n) is 11.3. The van der Waals surface area contributed by atoms with Crippen LogP contribution in [-0.2, 0) is 0 Å². The van der Waals surface area contributed by atoms with Gasteiger partial charge in [-0.05, 0) is 92.9 Å². The molecule has 0 aliphatic carbocycles. The van der Waals surface area contributed by atoms with Crippen LogP contribution in [0.5, 0.6) is 0 Å². The minimum atomic E-state index is -0.161. The lowest BCUT2D eigenvalue weighted by Crippen LogP contribution is -2.46. The Kier molecular flexibility index (Phi) is 9.40. The maximum atomic E-state index is 13.9. The van der Waals surface area contributed by atoms with Crippen molar-refractivity contribution in [2.75, 3.05) is 63.1 Å². The molecule has 1 fully saturated rings. The molecule has 2 aliphatic rings. The van der Waals surface area contributed by atoms with Gasteiger partial charge in [-0.25, -0.2) is 0 Å². The van der Waals surface area contributed by atoms with Crippen molar-refractivity contribution in [1.29, 1.82) is 0 Å². The Bertz CT molecular complexity index is 1400. The number of hydrogen-bond donors (Lipinski definition) is 2. The fraction of sp³-hybridized carbons (Fsp3) is 0.394. The van der Waals surface area contributed by atoms with Crippen molar-refractivity contribution in [1.82, 2.24) is 15.1 Å². The molecular weight excluding hydrogens is 534 g/mol. The average molecular weight is 574 g/mol. The summed E-state index contributed by atoms with van der Waals surface area (Å²) in [6.45, 7) is 10.8. The number of likely N-dealkylation sites (N-methyl/N-ethyl adjacent to an activating group) is 1. The number of aryl methyl sites for hydroxylation is 2. The van der Waals surface area contributed by atoms with Crippen molar-refractivity contribution in [3.05, 3.63) is 93.5 Å².